The van der Waals surface area contributed by atoms with Crippen LogP contribution >= 0.6 is 0 Å². The van der Waals surface area contributed by atoms with Gasteiger partial charge in [-0.1, -0.05) is 93.1 Å². The van der Waals surface area contributed by atoms with Gasteiger partial charge >= 0.3 is 12.1 Å². The van der Waals surface area contributed by atoms with Gasteiger partial charge in [0.1, 0.15) is 17.1 Å². The highest BCUT2D eigenvalue weighted by atomic mass is 19.4. The largest absolute Gasteiger partial charge is 0.497 e. The van der Waals surface area contributed by atoms with E-state index in [1.54, 1.807) is 19.1 Å². The molecule has 1 aliphatic heterocycles. The first-order valence-electron chi connectivity index (χ1n) is 17.4. The lowest BCUT2D eigenvalue weighted by Crippen LogP contribution is -2.42. The van der Waals surface area contributed by atoms with Crippen molar-refractivity contribution in [2.75, 3.05) is 33.9 Å². The van der Waals surface area contributed by atoms with Crippen molar-refractivity contribution >= 4 is 11.8 Å². The van der Waals surface area contributed by atoms with Gasteiger partial charge in [0.2, 0.25) is 5.91 Å². The highest BCUT2D eigenvalue weighted by Crippen LogP contribution is 2.42. The van der Waals surface area contributed by atoms with Crippen LogP contribution in [0.3, 0.4) is 0 Å². The number of unbranched alkanes of at least 4 members (excludes halogenated alkanes) is 7. The van der Waals surface area contributed by atoms with Crippen molar-refractivity contribution in [2.24, 2.45) is 0 Å². The number of aliphatic hydroxyl groups excluding tert-OH is 1. The molecule has 4 rings (SSSR count). The summed E-state index contributed by atoms with van der Waals surface area (Å²) in [6.45, 7) is 0.489. The normalized spacial score (nSPS) is 16.3. The lowest BCUT2D eigenvalue weighted by atomic mass is 9.80. The molecule has 0 radical (unpaired) electrons. The van der Waals surface area contributed by atoms with Crippen LogP contribution in [-0.2, 0) is 19.9 Å². The number of halogens is 3. The zero-order valence-corrected chi connectivity index (χ0v) is 28.9. The Hall–Kier alpha value is -4.09. The Labute approximate surface area is 292 Å². The highest BCUT2D eigenvalue weighted by Gasteiger charge is 2.41. The summed E-state index contributed by atoms with van der Waals surface area (Å²) in [5, 5.41) is 12.6. The van der Waals surface area contributed by atoms with E-state index in [0.717, 1.165) is 73.1 Å². The maximum Gasteiger partial charge on any atom is 0.471 e. The molecule has 0 saturated carbocycles. The second-order valence-corrected chi connectivity index (χ2v) is 12.7. The molecule has 2 atom stereocenters. The van der Waals surface area contributed by atoms with E-state index < -0.39 is 23.8 Å². The molecule has 1 saturated heterocycles. The zero-order chi connectivity index (χ0) is 36.0. The summed E-state index contributed by atoms with van der Waals surface area (Å²) in [6, 6.07) is 25.2. The topological polar surface area (TPSA) is 97.3 Å². The number of β-amino-alcohol motifs (C(OH)–C–C–N with tert-alkyl or cyclic N) is 1. The minimum atomic E-state index is -4.84. The van der Waals surface area contributed by atoms with Crippen LogP contribution in [-0.4, -0.2) is 74.1 Å². The molecule has 11 heteroatoms. The predicted octanol–water partition coefficient (Wildman–Crippen LogP) is 7.16. The Balaban J connectivity index is 1.35. The van der Waals surface area contributed by atoms with Gasteiger partial charge in [-0.05, 0) is 60.2 Å². The number of alkyl halides is 3. The molecule has 2 N–H and O–H groups in total. The minimum absolute atomic E-state index is 0.00439. The molecule has 3 aromatic rings. The molecule has 1 heterocycles. The van der Waals surface area contributed by atoms with Crippen molar-refractivity contribution in [3.8, 4) is 11.5 Å². The number of amides is 2. The minimum Gasteiger partial charge on any atom is -0.497 e. The standard InChI is InChI=1S/C39H49F3N2O6/c1-48-34-21-17-30(18-22-34)38(29-14-10-9-11-15-29,31-19-23-35(49-2)24-20-31)50-28-32-26-33(45)27-44(32)36(46)16-12-7-5-3-4-6-8-13-25-43-37(47)39(40,41)42/h9-11,14-15,17-24,32-33,45H,3-8,12-13,16,25-28H2,1-2H3,(H,43,47)/t32-,33+/m0/s1. The van der Waals surface area contributed by atoms with E-state index in [1.807, 2.05) is 84.2 Å². The monoisotopic (exact) mass is 698 g/mol. The third-order valence-electron chi connectivity index (χ3n) is 9.24. The fourth-order valence-electron chi connectivity index (χ4n) is 6.56. The maximum absolute atomic E-state index is 13.5. The van der Waals surface area contributed by atoms with Gasteiger partial charge < -0.3 is 29.5 Å². The van der Waals surface area contributed by atoms with Gasteiger partial charge in [0, 0.05) is 19.5 Å². The average Bonchev–Trinajstić information content (AvgIpc) is 3.51. The second kappa shape index (κ2) is 18.8. The zero-order valence-electron chi connectivity index (χ0n) is 28.9. The van der Waals surface area contributed by atoms with E-state index >= 15 is 0 Å². The van der Waals surface area contributed by atoms with Gasteiger partial charge in [0.25, 0.3) is 0 Å². The molecule has 8 nitrogen and oxygen atoms in total. The summed E-state index contributed by atoms with van der Waals surface area (Å²) >= 11 is 0. The summed E-state index contributed by atoms with van der Waals surface area (Å²) in [5.74, 6) is -0.460. The number of likely N-dealkylation sites (tertiary alicyclic amines) is 1. The van der Waals surface area contributed by atoms with E-state index in [0.29, 0.717) is 19.3 Å². The number of aliphatic hydroxyl groups is 1. The van der Waals surface area contributed by atoms with E-state index in [-0.39, 0.29) is 31.6 Å². The predicted molar refractivity (Wildman–Crippen MR) is 185 cm³/mol. The number of carbonyl (C=O) groups is 2. The van der Waals surface area contributed by atoms with Crippen molar-refractivity contribution in [1.82, 2.24) is 10.2 Å². The molecular weight excluding hydrogens is 649 g/mol. The number of nitrogens with zero attached hydrogens (tertiary/aromatic N) is 1. The summed E-state index contributed by atoms with van der Waals surface area (Å²) in [4.78, 5) is 26.1. The van der Waals surface area contributed by atoms with Crippen LogP contribution in [0.15, 0.2) is 78.9 Å². The summed E-state index contributed by atoms with van der Waals surface area (Å²) in [6.07, 6.45) is 1.95. The Morgan fingerprint density at radius 3 is 1.78 bits per heavy atom. The first-order valence-corrected chi connectivity index (χ1v) is 17.4. The summed E-state index contributed by atoms with van der Waals surface area (Å²) in [5.41, 5.74) is 1.66. The third-order valence-corrected chi connectivity index (χ3v) is 9.24. The molecule has 1 aliphatic rings. The number of hydrogen-bond donors (Lipinski definition) is 2. The first-order chi connectivity index (χ1) is 24.1. The van der Waals surface area contributed by atoms with Crippen LogP contribution in [0, 0.1) is 0 Å². The Bertz CT molecular complexity index is 1420. The lowest BCUT2D eigenvalue weighted by Gasteiger charge is -2.38. The average molecular weight is 699 g/mol. The fourth-order valence-corrected chi connectivity index (χ4v) is 6.56. The smallest absolute Gasteiger partial charge is 0.471 e. The number of carbonyl (C=O) groups excluding carboxylic acids is 2. The molecule has 2 amide bonds. The molecule has 0 unspecified atom stereocenters. The van der Waals surface area contributed by atoms with Crippen molar-refractivity contribution in [3.05, 3.63) is 95.6 Å². The molecule has 272 valence electrons. The van der Waals surface area contributed by atoms with Crippen molar-refractivity contribution in [3.63, 3.8) is 0 Å². The van der Waals surface area contributed by atoms with Crippen molar-refractivity contribution in [2.45, 2.75) is 88.1 Å². The Morgan fingerprint density at radius 2 is 1.26 bits per heavy atom. The molecule has 0 aliphatic carbocycles. The number of methoxy groups -OCH3 is 2. The third kappa shape index (κ3) is 10.5. The number of nitrogens with one attached hydrogen (secondary N) is 1. The molecule has 50 heavy (non-hydrogen) atoms. The number of ether oxygens (including phenoxy) is 3. The van der Waals surface area contributed by atoms with Crippen LogP contribution < -0.4 is 14.8 Å². The molecule has 0 bridgehead atoms. The number of hydrogen-bond acceptors (Lipinski definition) is 6. The molecular formula is C39H49F3N2O6. The van der Waals surface area contributed by atoms with Crippen molar-refractivity contribution < 1.29 is 42.1 Å². The lowest BCUT2D eigenvalue weighted by molar-refractivity contribution is -0.173. The maximum atomic E-state index is 13.5. The summed E-state index contributed by atoms with van der Waals surface area (Å²) in [7, 11) is 3.25. The van der Waals surface area contributed by atoms with E-state index in [4.69, 9.17) is 14.2 Å². The molecule has 0 aromatic heterocycles. The van der Waals surface area contributed by atoms with Gasteiger partial charge in [-0.15, -0.1) is 0 Å². The number of rotatable bonds is 19. The Kier molecular flexibility index (Phi) is 14.5. The van der Waals surface area contributed by atoms with Gasteiger partial charge in [-0.25, -0.2) is 0 Å². The van der Waals surface area contributed by atoms with Crippen LogP contribution in [0.1, 0.15) is 80.9 Å². The second-order valence-electron chi connectivity index (χ2n) is 12.7. The van der Waals surface area contributed by atoms with Gasteiger partial charge in [-0.2, -0.15) is 13.2 Å². The van der Waals surface area contributed by atoms with E-state index in [1.165, 1.54) is 0 Å². The quantitative estimate of drug-likeness (QED) is 0.102. The van der Waals surface area contributed by atoms with Crippen LogP contribution in [0.4, 0.5) is 13.2 Å². The van der Waals surface area contributed by atoms with Gasteiger partial charge in [-0.3, -0.25) is 9.59 Å². The van der Waals surface area contributed by atoms with E-state index in [9.17, 15) is 27.9 Å². The SMILES string of the molecule is COc1ccc(C(OC[C@@H]2C[C@@H](O)CN2C(=O)CCCCCCCCCCNC(=O)C(F)(F)F)(c2ccccc2)c2ccc(OC)cc2)cc1. The number of benzene rings is 3. The Morgan fingerprint density at radius 1 is 0.760 bits per heavy atom. The van der Waals surface area contributed by atoms with Gasteiger partial charge in [0.05, 0.1) is 33.0 Å². The molecule has 3 aromatic carbocycles. The van der Waals surface area contributed by atoms with Gasteiger partial charge in [0.15, 0.2) is 0 Å². The fraction of sp³-hybridized carbons (Fsp3) is 0.487. The van der Waals surface area contributed by atoms with Crippen LogP contribution in [0.25, 0.3) is 0 Å². The van der Waals surface area contributed by atoms with E-state index in [2.05, 4.69) is 0 Å². The first kappa shape index (κ1) is 38.7. The molecule has 1 fully saturated rings. The van der Waals surface area contributed by atoms with Crippen molar-refractivity contribution in [1.29, 1.82) is 0 Å². The molecule has 0 spiro atoms. The highest BCUT2D eigenvalue weighted by molar-refractivity contribution is 5.81. The van der Waals surface area contributed by atoms with Crippen LogP contribution in [0.2, 0.25) is 0 Å². The van der Waals surface area contributed by atoms with Crippen LogP contribution in [0.5, 0.6) is 11.5 Å². The summed E-state index contributed by atoms with van der Waals surface area (Å²) < 4.78 is 54.6.